The lowest BCUT2D eigenvalue weighted by molar-refractivity contribution is 0.483. The minimum Gasteiger partial charge on any atom is -0.457 e. The fourth-order valence-electron chi connectivity index (χ4n) is 9.14. The molecule has 0 radical (unpaired) electrons. The molecular weight excluding hydrogens is 795 g/mol. The molecule has 328 valence electrons. The van der Waals surface area contributed by atoms with E-state index in [0.29, 0.717) is 18.1 Å². The van der Waals surface area contributed by atoms with Crippen molar-refractivity contribution in [3.05, 3.63) is 173 Å². The summed E-state index contributed by atoms with van der Waals surface area (Å²) in [6.07, 6.45) is 1.92. The minimum atomic E-state index is -0.177. The van der Waals surface area contributed by atoms with Gasteiger partial charge in [-0.2, -0.15) is 0 Å². The van der Waals surface area contributed by atoms with Crippen LogP contribution >= 0.6 is 0 Å². The smallest absolute Gasteiger partial charge is 0.187 e. The van der Waals surface area contributed by atoms with Gasteiger partial charge in [0.15, 0.2) is 5.69 Å². The minimum absolute atomic E-state index is 0.0233. The van der Waals surface area contributed by atoms with Gasteiger partial charge in [0.2, 0.25) is 0 Å². The highest BCUT2D eigenvalue weighted by Crippen LogP contribution is 2.48. The largest absolute Gasteiger partial charge is 0.457 e. The van der Waals surface area contributed by atoms with Gasteiger partial charge in [-0.1, -0.05) is 132 Å². The van der Waals surface area contributed by atoms with Gasteiger partial charge in [0.25, 0.3) is 0 Å². The highest BCUT2D eigenvalue weighted by Gasteiger charge is 2.31. The summed E-state index contributed by atoms with van der Waals surface area (Å²) in [5, 5.41) is 2.30. The van der Waals surface area contributed by atoms with E-state index >= 15 is 0 Å². The zero-order chi connectivity index (χ0) is 46.2. The number of para-hydroxylation sites is 3. The van der Waals surface area contributed by atoms with Crippen molar-refractivity contribution in [2.45, 2.75) is 105 Å². The van der Waals surface area contributed by atoms with Crippen LogP contribution in [0.15, 0.2) is 140 Å². The monoisotopic (exact) mass is 855 g/mol. The number of anilines is 4. The van der Waals surface area contributed by atoms with Gasteiger partial charge in [-0.05, 0) is 128 Å². The van der Waals surface area contributed by atoms with Crippen LogP contribution in [-0.2, 0) is 21.7 Å². The summed E-state index contributed by atoms with van der Waals surface area (Å²) < 4.78 is 9.33. The van der Waals surface area contributed by atoms with E-state index in [-0.39, 0.29) is 21.7 Å². The molecule has 9 rings (SSSR count). The Morgan fingerprint density at radius 2 is 1.14 bits per heavy atom. The standard InChI is InChI=1S/C59H61N5O/c1-56(2,3)39-26-27-61-55(33-39)64-51-19-15-14-18-47(51)48-24-23-45(36-54(48)64)65-46-29-38(49-34-42(60-13)22-25-50(49)59(10,11)12)28-43(35-46)62-37-63(53-21-17-16-20-52(53)62)44-31-40(57(4,5)6)30-41(32-44)58(7,8)9/h14-36H,37H2,1-12H3. The van der Waals surface area contributed by atoms with Crippen molar-refractivity contribution in [1.82, 2.24) is 9.55 Å². The van der Waals surface area contributed by atoms with Crippen molar-refractivity contribution < 1.29 is 4.74 Å². The molecule has 0 unspecified atom stereocenters. The lowest BCUT2D eigenvalue weighted by Crippen LogP contribution is -2.25. The number of aromatic nitrogens is 2. The number of hydrogen-bond acceptors (Lipinski definition) is 4. The third-order valence-corrected chi connectivity index (χ3v) is 12.9. The van der Waals surface area contributed by atoms with Crippen molar-refractivity contribution in [1.29, 1.82) is 0 Å². The Balaban J connectivity index is 1.21. The van der Waals surface area contributed by atoms with Crippen molar-refractivity contribution in [3.8, 4) is 28.4 Å². The number of pyridine rings is 1. The molecule has 8 aromatic rings. The first kappa shape index (κ1) is 43.4. The van der Waals surface area contributed by atoms with Crippen molar-refractivity contribution in [2.75, 3.05) is 16.5 Å². The van der Waals surface area contributed by atoms with E-state index in [0.717, 1.165) is 61.6 Å². The van der Waals surface area contributed by atoms with Crippen LogP contribution < -0.4 is 14.5 Å². The molecule has 6 heteroatoms. The fourth-order valence-corrected chi connectivity index (χ4v) is 9.14. The Hall–Kier alpha value is -6.84. The number of fused-ring (bicyclic) bond motifs is 4. The fraction of sp³-hybridized carbons (Fsp3) is 0.288. The lowest BCUT2D eigenvalue weighted by atomic mass is 9.80. The van der Waals surface area contributed by atoms with Crippen molar-refractivity contribution in [3.63, 3.8) is 0 Å². The first-order valence-electron chi connectivity index (χ1n) is 22.8. The van der Waals surface area contributed by atoms with Crippen LogP contribution in [0.3, 0.4) is 0 Å². The van der Waals surface area contributed by atoms with E-state index in [1.165, 1.54) is 27.9 Å². The summed E-state index contributed by atoms with van der Waals surface area (Å²) >= 11 is 0. The van der Waals surface area contributed by atoms with Gasteiger partial charge in [-0.15, -0.1) is 0 Å². The van der Waals surface area contributed by atoms with Crippen LogP contribution in [0.5, 0.6) is 11.5 Å². The number of nitrogens with zero attached hydrogens (tertiary/aromatic N) is 5. The first-order valence-corrected chi connectivity index (χ1v) is 22.8. The third-order valence-electron chi connectivity index (χ3n) is 12.9. The van der Waals surface area contributed by atoms with E-state index < -0.39 is 0 Å². The topological polar surface area (TPSA) is 37.9 Å². The second-order valence-electron chi connectivity index (χ2n) is 21.8. The van der Waals surface area contributed by atoms with Gasteiger partial charge in [0.1, 0.15) is 24.0 Å². The third kappa shape index (κ3) is 8.25. The second kappa shape index (κ2) is 15.7. The molecule has 6 nitrogen and oxygen atoms in total. The normalized spacial score (nSPS) is 13.4. The summed E-state index contributed by atoms with van der Waals surface area (Å²) in [5.41, 5.74) is 14.0. The Labute approximate surface area is 386 Å². The van der Waals surface area contributed by atoms with E-state index in [1.807, 2.05) is 18.3 Å². The van der Waals surface area contributed by atoms with E-state index in [1.54, 1.807) is 0 Å². The molecule has 6 aromatic carbocycles. The van der Waals surface area contributed by atoms with Crippen molar-refractivity contribution in [2.24, 2.45) is 0 Å². The molecular formula is C59H61N5O. The maximum atomic E-state index is 8.00. The average Bonchev–Trinajstić information content (AvgIpc) is 3.81. The summed E-state index contributed by atoms with van der Waals surface area (Å²) in [6.45, 7) is 35.8. The van der Waals surface area contributed by atoms with Crippen LogP contribution in [0, 0.1) is 6.57 Å². The van der Waals surface area contributed by atoms with Gasteiger partial charge in [-0.25, -0.2) is 9.83 Å². The number of benzene rings is 6. The zero-order valence-electron chi connectivity index (χ0n) is 40.1. The van der Waals surface area contributed by atoms with E-state index in [9.17, 15) is 0 Å². The molecule has 1 aliphatic rings. The number of ether oxygens (including phenoxy) is 1. The molecule has 0 bridgehead atoms. The highest BCUT2D eigenvalue weighted by atomic mass is 16.5. The molecule has 1 aliphatic heterocycles. The van der Waals surface area contributed by atoms with Gasteiger partial charge >= 0.3 is 0 Å². The van der Waals surface area contributed by atoms with Gasteiger partial charge in [-0.3, -0.25) is 4.57 Å². The molecule has 3 heterocycles. The Kier molecular flexibility index (Phi) is 10.5. The average molecular weight is 856 g/mol. The van der Waals surface area contributed by atoms with Crippen LogP contribution in [0.2, 0.25) is 0 Å². The Morgan fingerprint density at radius 3 is 1.77 bits per heavy atom. The van der Waals surface area contributed by atoms with Crippen molar-refractivity contribution >= 4 is 50.2 Å². The predicted octanol–water partition coefficient (Wildman–Crippen LogP) is 16.6. The molecule has 0 amide bonds. The zero-order valence-corrected chi connectivity index (χ0v) is 40.1. The second-order valence-corrected chi connectivity index (χ2v) is 21.8. The van der Waals surface area contributed by atoms with E-state index in [4.69, 9.17) is 16.3 Å². The summed E-state index contributed by atoms with van der Waals surface area (Å²) in [7, 11) is 0. The first-order chi connectivity index (χ1) is 30.7. The lowest BCUT2D eigenvalue weighted by Gasteiger charge is -2.29. The van der Waals surface area contributed by atoms with Gasteiger partial charge < -0.3 is 14.5 Å². The Bertz CT molecular complexity index is 3140. The van der Waals surface area contributed by atoms with E-state index in [2.05, 4.69) is 224 Å². The maximum absolute atomic E-state index is 8.00. The molecule has 0 saturated carbocycles. The SMILES string of the molecule is [C-]#[N+]c1ccc(C(C)(C)C)c(-c2cc(Oc3ccc4c5ccccc5n(-c5cc(C(C)(C)C)ccn5)c4c3)cc(N3CN(c4cc(C(C)(C)C)cc(C(C)(C)C)c4)c4ccccc43)c2)c1. The molecule has 65 heavy (non-hydrogen) atoms. The summed E-state index contributed by atoms with van der Waals surface area (Å²) in [5.74, 6) is 2.31. The van der Waals surface area contributed by atoms with Crippen LogP contribution in [-0.4, -0.2) is 16.2 Å². The van der Waals surface area contributed by atoms with Gasteiger partial charge in [0, 0.05) is 40.5 Å². The predicted molar refractivity (Wildman–Crippen MR) is 274 cm³/mol. The summed E-state index contributed by atoms with van der Waals surface area (Å²) in [6, 6.07) is 47.8. The molecule has 2 aromatic heterocycles. The summed E-state index contributed by atoms with van der Waals surface area (Å²) in [4.78, 5) is 13.7. The maximum Gasteiger partial charge on any atom is 0.187 e. The number of rotatable bonds is 6. The molecule has 0 aliphatic carbocycles. The Morgan fingerprint density at radius 1 is 0.523 bits per heavy atom. The molecule has 0 saturated heterocycles. The molecule has 0 spiro atoms. The molecule has 0 atom stereocenters. The van der Waals surface area contributed by atoms with Crippen LogP contribution in [0.4, 0.5) is 28.4 Å². The van der Waals surface area contributed by atoms with Crippen LogP contribution in [0.1, 0.15) is 105 Å². The highest BCUT2D eigenvalue weighted by molar-refractivity contribution is 6.09. The van der Waals surface area contributed by atoms with Gasteiger partial charge in [0.05, 0.1) is 29.0 Å². The quantitative estimate of drug-likeness (QED) is 0.156. The van der Waals surface area contributed by atoms with Crippen LogP contribution in [0.25, 0.3) is 43.6 Å². The molecule has 0 fully saturated rings. The number of hydrogen-bond donors (Lipinski definition) is 0. The molecule has 0 N–H and O–H groups in total.